The molecule has 0 aromatic heterocycles. The monoisotopic (exact) mass is 260 g/mol. The van der Waals surface area contributed by atoms with Crippen LogP contribution in [0.5, 0.6) is 0 Å². The molecule has 1 aromatic carbocycles. The van der Waals surface area contributed by atoms with Crippen LogP contribution in [0.2, 0.25) is 0 Å². The molecule has 0 unspecified atom stereocenters. The topological polar surface area (TPSA) is 29.3 Å². The minimum atomic E-state index is 0.248. The fourth-order valence-electron chi connectivity index (χ4n) is 2.75. The average molecular weight is 260 g/mol. The van der Waals surface area contributed by atoms with Gasteiger partial charge in [0, 0.05) is 6.54 Å². The summed E-state index contributed by atoms with van der Waals surface area (Å²) in [4.78, 5) is 2.55. The van der Waals surface area contributed by atoms with Crippen molar-refractivity contribution in [2.75, 3.05) is 19.6 Å². The lowest BCUT2D eigenvalue weighted by Crippen LogP contribution is -2.35. The second-order valence-corrected chi connectivity index (χ2v) is 6.90. The van der Waals surface area contributed by atoms with Gasteiger partial charge in [-0.05, 0) is 54.9 Å². The molecule has 0 aliphatic carbocycles. The Hall–Kier alpha value is -0.860. The highest BCUT2D eigenvalue weighted by Crippen LogP contribution is 2.23. The smallest absolute Gasteiger partial charge is 0.0233 e. The molecule has 2 N–H and O–H groups in total. The summed E-state index contributed by atoms with van der Waals surface area (Å²) in [7, 11) is 0. The Morgan fingerprint density at radius 2 is 1.68 bits per heavy atom. The first-order valence-corrected chi connectivity index (χ1v) is 7.51. The molecule has 2 nitrogen and oxygen atoms in total. The Labute approximate surface area is 118 Å². The van der Waals surface area contributed by atoms with Crippen LogP contribution >= 0.6 is 0 Å². The summed E-state index contributed by atoms with van der Waals surface area (Å²) >= 11 is 0. The van der Waals surface area contributed by atoms with E-state index in [1.54, 1.807) is 0 Å². The predicted molar refractivity (Wildman–Crippen MR) is 82.2 cm³/mol. The van der Waals surface area contributed by atoms with Crippen molar-refractivity contribution in [2.24, 2.45) is 11.7 Å². The highest BCUT2D eigenvalue weighted by molar-refractivity contribution is 5.27. The standard InChI is InChI=1S/C17H28N2/c1-17(2,3)16-6-4-15(5-7-16)13-19-10-8-14(12-18)9-11-19/h4-7,14H,8-13,18H2,1-3H3. The SMILES string of the molecule is CC(C)(C)c1ccc(CN2CCC(CN)CC2)cc1. The van der Waals surface area contributed by atoms with Gasteiger partial charge in [-0.3, -0.25) is 4.90 Å². The maximum atomic E-state index is 5.74. The molecule has 1 aromatic rings. The Balaban J connectivity index is 1.90. The molecule has 19 heavy (non-hydrogen) atoms. The number of hydrogen-bond donors (Lipinski definition) is 1. The van der Waals surface area contributed by atoms with Crippen LogP contribution in [-0.2, 0) is 12.0 Å². The van der Waals surface area contributed by atoms with Crippen molar-refractivity contribution in [1.82, 2.24) is 4.90 Å². The summed E-state index contributed by atoms with van der Waals surface area (Å²) in [6.07, 6.45) is 2.52. The van der Waals surface area contributed by atoms with Crippen molar-refractivity contribution >= 4 is 0 Å². The molecule has 0 amide bonds. The third-order valence-corrected chi connectivity index (χ3v) is 4.27. The molecular weight excluding hydrogens is 232 g/mol. The van der Waals surface area contributed by atoms with Crippen LogP contribution in [0.4, 0.5) is 0 Å². The molecule has 0 radical (unpaired) electrons. The lowest BCUT2D eigenvalue weighted by molar-refractivity contribution is 0.180. The van der Waals surface area contributed by atoms with Crippen molar-refractivity contribution < 1.29 is 0 Å². The van der Waals surface area contributed by atoms with E-state index in [-0.39, 0.29) is 5.41 Å². The summed E-state index contributed by atoms with van der Waals surface area (Å²) in [5, 5.41) is 0. The Kier molecular flexibility index (Phi) is 4.64. The first-order chi connectivity index (χ1) is 8.99. The van der Waals surface area contributed by atoms with Gasteiger partial charge in [0.2, 0.25) is 0 Å². The molecule has 2 rings (SSSR count). The van der Waals surface area contributed by atoms with Crippen LogP contribution in [0.15, 0.2) is 24.3 Å². The molecule has 1 heterocycles. The second-order valence-electron chi connectivity index (χ2n) is 6.90. The number of nitrogens with zero attached hydrogens (tertiary/aromatic N) is 1. The van der Waals surface area contributed by atoms with Gasteiger partial charge in [-0.1, -0.05) is 45.0 Å². The third kappa shape index (κ3) is 4.05. The average Bonchev–Trinajstić information content (AvgIpc) is 2.39. The quantitative estimate of drug-likeness (QED) is 0.904. The van der Waals surface area contributed by atoms with E-state index in [9.17, 15) is 0 Å². The molecule has 0 spiro atoms. The number of nitrogens with two attached hydrogens (primary N) is 1. The van der Waals surface area contributed by atoms with Gasteiger partial charge < -0.3 is 5.73 Å². The summed E-state index contributed by atoms with van der Waals surface area (Å²) in [5.74, 6) is 0.750. The minimum absolute atomic E-state index is 0.248. The largest absolute Gasteiger partial charge is 0.330 e. The van der Waals surface area contributed by atoms with Crippen molar-refractivity contribution in [2.45, 2.75) is 45.6 Å². The number of hydrogen-bond acceptors (Lipinski definition) is 2. The second kappa shape index (κ2) is 6.06. The van der Waals surface area contributed by atoms with E-state index in [0.29, 0.717) is 0 Å². The van der Waals surface area contributed by atoms with Crippen molar-refractivity contribution in [3.8, 4) is 0 Å². The number of rotatable bonds is 3. The van der Waals surface area contributed by atoms with Crippen molar-refractivity contribution in [3.05, 3.63) is 35.4 Å². The van der Waals surface area contributed by atoms with Gasteiger partial charge in [-0.2, -0.15) is 0 Å². The maximum absolute atomic E-state index is 5.74. The zero-order chi connectivity index (χ0) is 13.9. The summed E-state index contributed by atoms with van der Waals surface area (Å²) < 4.78 is 0. The first-order valence-electron chi connectivity index (χ1n) is 7.51. The first kappa shape index (κ1) is 14.5. The molecular formula is C17H28N2. The predicted octanol–water partition coefficient (Wildman–Crippen LogP) is 3.15. The summed E-state index contributed by atoms with van der Waals surface area (Å²) in [6, 6.07) is 9.13. The van der Waals surface area contributed by atoms with Gasteiger partial charge in [0.05, 0.1) is 0 Å². The van der Waals surface area contributed by atoms with E-state index in [1.807, 2.05) is 0 Å². The van der Waals surface area contributed by atoms with Gasteiger partial charge in [0.15, 0.2) is 0 Å². The fraction of sp³-hybridized carbons (Fsp3) is 0.647. The van der Waals surface area contributed by atoms with Crippen LogP contribution in [0.3, 0.4) is 0 Å². The zero-order valence-electron chi connectivity index (χ0n) is 12.7. The van der Waals surface area contributed by atoms with Gasteiger partial charge >= 0.3 is 0 Å². The third-order valence-electron chi connectivity index (χ3n) is 4.27. The highest BCUT2D eigenvalue weighted by atomic mass is 15.1. The summed E-state index contributed by atoms with van der Waals surface area (Å²) in [6.45, 7) is 11.1. The normalized spacial score (nSPS) is 18.7. The number of likely N-dealkylation sites (tertiary alicyclic amines) is 1. The van der Waals surface area contributed by atoms with Crippen LogP contribution in [0.1, 0.15) is 44.7 Å². The van der Waals surface area contributed by atoms with E-state index < -0.39 is 0 Å². The summed E-state index contributed by atoms with van der Waals surface area (Å²) in [5.41, 5.74) is 8.83. The molecule has 0 saturated carbocycles. The van der Waals surface area contributed by atoms with Gasteiger partial charge in [0.25, 0.3) is 0 Å². The molecule has 0 bridgehead atoms. The molecule has 2 heteroatoms. The molecule has 1 fully saturated rings. The molecule has 106 valence electrons. The van der Waals surface area contributed by atoms with Crippen LogP contribution < -0.4 is 5.73 Å². The van der Waals surface area contributed by atoms with Gasteiger partial charge in [-0.15, -0.1) is 0 Å². The highest BCUT2D eigenvalue weighted by Gasteiger charge is 2.18. The Bertz CT molecular complexity index is 381. The van der Waals surface area contributed by atoms with E-state index in [1.165, 1.54) is 37.1 Å². The number of piperidine rings is 1. The van der Waals surface area contributed by atoms with Gasteiger partial charge in [0.1, 0.15) is 0 Å². The van der Waals surface area contributed by atoms with E-state index in [0.717, 1.165) is 19.0 Å². The van der Waals surface area contributed by atoms with E-state index in [2.05, 4.69) is 49.9 Å². The lowest BCUT2D eigenvalue weighted by atomic mass is 9.86. The number of benzene rings is 1. The van der Waals surface area contributed by atoms with Crippen molar-refractivity contribution in [3.63, 3.8) is 0 Å². The molecule has 0 atom stereocenters. The van der Waals surface area contributed by atoms with E-state index in [4.69, 9.17) is 5.73 Å². The molecule has 1 saturated heterocycles. The molecule has 1 aliphatic heterocycles. The fourth-order valence-corrected chi connectivity index (χ4v) is 2.75. The van der Waals surface area contributed by atoms with Crippen LogP contribution in [0, 0.1) is 5.92 Å². The van der Waals surface area contributed by atoms with Crippen molar-refractivity contribution in [1.29, 1.82) is 0 Å². The lowest BCUT2D eigenvalue weighted by Gasteiger charge is -2.31. The Morgan fingerprint density at radius 1 is 1.11 bits per heavy atom. The minimum Gasteiger partial charge on any atom is -0.330 e. The van der Waals surface area contributed by atoms with Gasteiger partial charge in [-0.25, -0.2) is 0 Å². The van der Waals surface area contributed by atoms with Crippen LogP contribution in [-0.4, -0.2) is 24.5 Å². The van der Waals surface area contributed by atoms with E-state index >= 15 is 0 Å². The zero-order valence-corrected chi connectivity index (χ0v) is 12.7. The maximum Gasteiger partial charge on any atom is 0.0233 e. The molecule has 1 aliphatic rings. The van der Waals surface area contributed by atoms with Crippen LogP contribution in [0.25, 0.3) is 0 Å². The Morgan fingerprint density at radius 3 is 2.16 bits per heavy atom.